The van der Waals surface area contributed by atoms with Gasteiger partial charge in [0.25, 0.3) is 0 Å². The summed E-state index contributed by atoms with van der Waals surface area (Å²) in [5.74, 6) is -0.139. The molecule has 0 aromatic rings. The Morgan fingerprint density at radius 3 is 2.62 bits per heavy atom. The predicted molar refractivity (Wildman–Crippen MR) is 109 cm³/mol. The van der Waals surface area contributed by atoms with Crippen molar-refractivity contribution in [2.24, 2.45) is 33.7 Å². The van der Waals surface area contributed by atoms with E-state index in [0.29, 0.717) is 25.9 Å². The smallest absolute Gasteiger partial charge is 0.159 e. The SMILES string of the molecule is CCO/N=C(/C)C1CC[C@@]2(O)C3=CC(=O)C4CC(O)C(O)CC4(C)C3CCC12C. The van der Waals surface area contributed by atoms with Gasteiger partial charge in [0, 0.05) is 17.3 Å². The van der Waals surface area contributed by atoms with Gasteiger partial charge in [-0.3, -0.25) is 4.79 Å². The number of carbonyl (C=O) groups excluding carboxylic acids is 1. The van der Waals surface area contributed by atoms with Gasteiger partial charge in [0.05, 0.1) is 23.5 Å². The summed E-state index contributed by atoms with van der Waals surface area (Å²) in [7, 11) is 0. The zero-order valence-electron chi connectivity index (χ0n) is 18.0. The number of nitrogens with zero attached hydrogens (tertiary/aromatic N) is 1. The Balaban J connectivity index is 1.73. The summed E-state index contributed by atoms with van der Waals surface area (Å²) in [4.78, 5) is 18.4. The zero-order chi connectivity index (χ0) is 21.2. The van der Waals surface area contributed by atoms with E-state index < -0.39 is 28.6 Å². The Labute approximate surface area is 173 Å². The van der Waals surface area contributed by atoms with E-state index in [-0.39, 0.29) is 23.5 Å². The summed E-state index contributed by atoms with van der Waals surface area (Å²) >= 11 is 0. The molecule has 0 radical (unpaired) electrons. The molecule has 0 spiro atoms. The lowest BCUT2D eigenvalue weighted by Gasteiger charge is -2.59. The van der Waals surface area contributed by atoms with E-state index in [1.807, 2.05) is 13.8 Å². The maximum absolute atomic E-state index is 13.1. The number of aliphatic hydroxyl groups is 3. The number of oxime groups is 1. The minimum Gasteiger partial charge on any atom is -0.396 e. The van der Waals surface area contributed by atoms with Crippen LogP contribution in [0.4, 0.5) is 0 Å². The summed E-state index contributed by atoms with van der Waals surface area (Å²) in [6, 6.07) is 0. The molecule has 0 aromatic heterocycles. The van der Waals surface area contributed by atoms with E-state index >= 15 is 0 Å². The third-order valence-corrected chi connectivity index (χ3v) is 8.96. The molecule has 29 heavy (non-hydrogen) atoms. The number of carbonyl (C=O) groups is 1. The Hall–Kier alpha value is -1.24. The van der Waals surface area contributed by atoms with Crippen molar-refractivity contribution in [3.8, 4) is 0 Å². The minimum atomic E-state index is -1.05. The highest BCUT2D eigenvalue weighted by Gasteiger charge is 2.66. The topological polar surface area (TPSA) is 99.4 Å². The minimum absolute atomic E-state index is 0.00877. The molecule has 0 amide bonds. The highest BCUT2D eigenvalue weighted by molar-refractivity contribution is 5.95. The van der Waals surface area contributed by atoms with E-state index in [2.05, 4.69) is 19.0 Å². The molecule has 0 saturated heterocycles. The van der Waals surface area contributed by atoms with Gasteiger partial charge in [-0.05, 0) is 75.4 Å². The summed E-state index contributed by atoms with van der Waals surface area (Å²) in [6.07, 6.45) is 3.85. The van der Waals surface area contributed by atoms with Gasteiger partial charge in [-0.2, -0.15) is 0 Å². The van der Waals surface area contributed by atoms with Crippen molar-refractivity contribution in [3.05, 3.63) is 11.6 Å². The van der Waals surface area contributed by atoms with Crippen LogP contribution in [0.1, 0.15) is 66.2 Å². The number of rotatable bonds is 3. The molecule has 3 N–H and O–H groups in total. The summed E-state index contributed by atoms with van der Waals surface area (Å²) in [5.41, 5.74) is -0.106. The molecule has 3 saturated carbocycles. The molecule has 4 aliphatic rings. The predicted octanol–water partition coefficient (Wildman–Crippen LogP) is 2.60. The van der Waals surface area contributed by atoms with Gasteiger partial charge < -0.3 is 20.2 Å². The second-order valence-electron chi connectivity index (χ2n) is 10.2. The van der Waals surface area contributed by atoms with E-state index in [0.717, 1.165) is 30.5 Å². The normalized spacial score (nSPS) is 49.8. The number of allylic oxidation sites excluding steroid dienone is 1. The van der Waals surface area contributed by atoms with Crippen molar-refractivity contribution in [1.29, 1.82) is 0 Å². The standard InChI is InChI=1S/C23H35NO5/c1-5-29-24-13(2)14-7-9-23(28)16-10-18(25)17-11-19(26)20(27)12-21(17,3)15(16)6-8-22(14,23)4/h10,14-15,17,19-20,26-28H,5-9,11-12H2,1-4H3/b24-13-/t14?,15?,17?,19?,20?,21?,22?,23-/m1/s1. The molecule has 0 heterocycles. The van der Waals surface area contributed by atoms with Gasteiger partial charge in [-0.1, -0.05) is 19.0 Å². The van der Waals surface area contributed by atoms with Crippen molar-refractivity contribution in [1.82, 2.24) is 0 Å². The molecule has 4 aliphatic carbocycles. The average Bonchev–Trinajstić information content (AvgIpc) is 2.94. The fourth-order valence-electron chi connectivity index (χ4n) is 7.27. The van der Waals surface area contributed by atoms with Crippen molar-refractivity contribution < 1.29 is 25.0 Å². The molecule has 6 heteroatoms. The lowest BCUT2D eigenvalue weighted by molar-refractivity contribution is -0.151. The molecule has 8 atom stereocenters. The maximum Gasteiger partial charge on any atom is 0.159 e. The highest BCUT2D eigenvalue weighted by Crippen LogP contribution is 2.67. The highest BCUT2D eigenvalue weighted by atomic mass is 16.6. The Kier molecular flexibility index (Phi) is 4.99. The average molecular weight is 406 g/mol. The Morgan fingerprint density at radius 2 is 1.93 bits per heavy atom. The molecule has 0 bridgehead atoms. The second-order valence-corrected chi connectivity index (χ2v) is 10.2. The number of ketones is 1. The number of hydrogen-bond donors (Lipinski definition) is 3. The number of fused-ring (bicyclic) bond motifs is 5. The molecular formula is C23H35NO5. The van der Waals surface area contributed by atoms with Crippen LogP contribution < -0.4 is 0 Å². The van der Waals surface area contributed by atoms with Gasteiger partial charge in [0.1, 0.15) is 6.61 Å². The molecule has 0 aliphatic heterocycles. The second kappa shape index (κ2) is 6.89. The van der Waals surface area contributed by atoms with Gasteiger partial charge in [-0.25, -0.2) is 0 Å². The summed E-state index contributed by atoms with van der Waals surface area (Å²) in [6.45, 7) is 8.59. The molecule has 4 rings (SSSR count). The van der Waals surface area contributed by atoms with E-state index in [4.69, 9.17) is 4.84 Å². The van der Waals surface area contributed by atoms with E-state index in [1.54, 1.807) is 6.08 Å². The Morgan fingerprint density at radius 1 is 1.21 bits per heavy atom. The number of hydrogen-bond acceptors (Lipinski definition) is 6. The lowest BCUT2D eigenvalue weighted by Crippen LogP contribution is -2.60. The zero-order valence-corrected chi connectivity index (χ0v) is 18.0. The lowest BCUT2D eigenvalue weighted by atomic mass is 9.46. The largest absolute Gasteiger partial charge is 0.396 e. The maximum atomic E-state index is 13.1. The van der Waals surface area contributed by atoms with Crippen LogP contribution in [0.5, 0.6) is 0 Å². The fraction of sp³-hybridized carbons (Fsp3) is 0.826. The van der Waals surface area contributed by atoms with Crippen LogP contribution in [0.2, 0.25) is 0 Å². The molecule has 7 unspecified atom stereocenters. The van der Waals surface area contributed by atoms with Crippen molar-refractivity contribution in [3.63, 3.8) is 0 Å². The van der Waals surface area contributed by atoms with Crippen LogP contribution in [-0.4, -0.2) is 51.2 Å². The van der Waals surface area contributed by atoms with E-state index in [1.165, 1.54) is 0 Å². The van der Waals surface area contributed by atoms with Crippen molar-refractivity contribution in [2.45, 2.75) is 84.0 Å². The van der Waals surface area contributed by atoms with Crippen LogP contribution in [0.25, 0.3) is 0 Å². The third kappa shape index (κ3) is 2.78. The molecule has 3 fully saturated rings. The molecular weight excluding hydrogens is 370 g/mol. The first-order chi connectivity index (χ1) is 13.6. The summed E-state index contributed by atoms with van der Waals surface area (Å²) in [5, 5.41) is 36.8. The Bertz CT molecular complexity index is 762. The van der Waals surface area contributed by atoms with E-state index in [9.17, 15) is 20.1 Å². The summed E-state index contributed by atoms with van der Waals surface area (Å²) < 4.78 is 0. The molecule has 162 valence electrons. The van der Waals surface area contributed by atoms with Crippen LogP contribution in [0.3, 0.4) is 0 Å². The van der Waals surface area contributed by atoms with Crippen molar-refractivity contribution >= 4 is 11.5 Å². The van der Waals surface area contributed by atoms with Crippen LogP contribution in [0, 0.1) is 28.6 Å². The first-order valence-corrected chi connectivity index (χ1v) is 11.1. The molecule has 0 aromatic carbocycles. The molecule has 6 nitrogen and oxygen atoms in total. The van der Waals surface area contributed by atoms with Gasteiger partial charge >= 0.3 is 0 Å². The van der Waals surface area contributed by atoms with Crippen LogP contribution >= 0.6 is 0 Å². The third-order valence-electron chi connectivity index (χ3n) is 8.96. The quantitative estimate of drug-likeness (QED) is 0.495. The monoisotopic (exact) mass is 405 g/mol. The van der Waals surface area contributed by atoms with Gasteiger partial charge in [0.2, 0.25) is 0 Å². The van der Waals surface area contributed by atoms with Gasteiger partial charge in [0.15, 0.2) is 5.78 Å². The first-order valence-electron chi connectivity index (χ1n) is 11.1. The van der Waals surface area contributed by atoms with Crippen LogP contribution in [0.15, 0.2) is 16.8 Å². The van der Waals surface area contributed by atoms with Gasteiger partial charge in [-0.15, -0.1) is 0 Å². The van der Waals surface area contributed by atoms with Crippen molar-refractivity contribution in [2.75, 3.05) is 6.61 Å². The fourth-order valence-corrected chi connectivity index (χ4v) is 7.27. The first kappa shape index (κ1) is 21.0. The van der Waals surface area contributed by atoms with Crippen LogP contribution in [-0.2, 0) is 9.63 Å². The number of aliphatic hydroxyl groups excluding tert-OH is 2.